The van der Waals surface area contributed by atoms with Crippen LogP contribution in [0, 0.1) is 6.92 Å². The topological polar surface area (TPSA) is 70.7 Å². The normalized spacial score (nSPS) is 10.6. The van der Waals surface area contributed by atoms with Gasteiger partial charge in [0.25, 0.3) is 0 Å². The summed E-state index contributed by atoms with van der Waals surface area (Å²) in [5.74, 6) is 0.396. The Labute approximate surface area is 168 Å². The van der Waals surface area contributed by atoms with Gasteiger partial charge in [-0.1, -0.05) is 22.9 Å². The van der Waals surface area contributed by atoms with Crippen molar-refractivity contribution in [3.05, 3.63) is 52.5 Å². The van der Waals surface area contributed by atoms with E-state index in [4.69, 9.17) is 4.74 Å². The van der Waals surface area contributed by atoms with Crippen LogP contribution in [0.25, 0.3) is 0 Å². The largest absolute Gasteiger partial charge is 0.497 e. The Bertz CT molecular complexity index is 794. The van der Waals surface area contributed by atoms with Crippen molar-refractivity contribution in [1.82, 2.24) is 4.90 Å². The summed E-state index contributed by atoms with van der Waals surface area (Å²) in [6, 6.07) is 12.7. The summed E-state index contributed by atoms with van der Waals surface area (Å²) < 4.78 is 6.09. The Balaban J connectivity index is 1.86. The van der Waals surface area contributed by atoms with Crippen molar-refractivity contribution >= 4 is 39.1 Å². The summed E-state index contributed by atoms with van der Waals surface area (Å²) in [7, 11) is 1.59. The molecular formula is C20H24BrN3O3. The number of likely N-dealkylation sites (N-methyl/N-ethyl adjacent to an activating group) is 1. The Morgan fingerprint density at radius 2 is 1.56 bits per heavy atom. The van der Waals surface area contributed by atoms with Crippen molar-refractivity contribution in [2.24, 2.45) is 0 Å². The maximum absolute atomic E-state index is 12.3. The van der Waals surface area contributed by atoms with Gasteiger partial charge in [0.15, 0.2) is 0 Å². The van der Waals surface area contributed by atoms with E-state index in [0.717, 1.165) is 21.5 Å². The predicted molar refractivity (Wildman–Crippen MR) is 111 cm³/mol. The molecule has 7 heteroatoms. The number of aryl methyl sites for hydroxylation is 1. The van der Waals surface area contributed by atoms with Gasteiger partial charge in [-0.2, -0.15) is 0 Å². The fourth-order valence-electron chi connectivity index (χ4n) is 2.48. The molecule has 2 amide bonds. The van der Waals surface area contributed by atoms with Gasteiger partial charge in [-0.3, -0.25) is 14.5 Å². The average molecular weight is 434 g/mol. The van der Waals surface area contributed by atoms with Gasteiger partial charge in [0, 0.05) is 15.8 Å². The molecule has 2 N–H and O–H groups in total. The lowest BCUT2D eigenvalue weighted by Gasteiger charge is -2.19. The number of methoxy groups -OCH3 is 1. The third-order valence-corrected chi connectivity index (χ3v) is 4.89. The van der Waals surface area contributed by atoms with Gasteiger partial charge in [0.1, 0.15) is 5.75 Å². The zero-order valence-electron chi connectivity index (χ0n) is 15.7. The van der Waals surface area contributed by atoms with Crippen molar-refractivity contribution < 1.29 is 14.3 Å². The Hall–Kier alpha value is -2.38. The quantitative estimate of drug-likeness (QED) is 0.666. The van der Waals surface area contributed by atoms with Crippen LogP contribution < -0.4 is 15.4 Å². The first kappa shape index (κ1) is 20.9. The van der Waals surface area contributed by atoms with Crippen molar-refractivity contribution in [3.8, 4) is 5.75 Å². The number of ether oxygens (including phenoxy) is 1. The van der Waals surface area contributed by atoms with E-state index in [-0.39, 0.29) is 24.9 Å². The molecule has 6 nitrogen and oxygen atoms in total. The summed E-state index contributed by atoms with van der Waals surface area (Å²) in [5.41, 5.74) is 2.46. The first-order chi connectivity index (χ1) is 12.9. The van der Waals surface area contributed by atoms with Crippen LogP contribution in [0.1, 0.15) is 12.5 Å². The number of hydrogen-bond donors (Lipinski definition) is 2. The second-order valence-corrected chi connectivity index (χ2v) is 6.95. The van der Waals surface area contributed by atoms with E-state index in [1.807, 2.05) is 32.0 Å². The molecule has 0 fully saturated rings. The molecule has 0 saturated carbocycles. The van der Waals surface area contributed by atoms with Gasteiger partial charge < -0.3 is 15.4 Å². The van der Waals surface area contributed by atoms with Crippen LogP contribution in [0.3, 0.4) is 0 Å². The number of benzene rings is 2. The molecule has 0 atom stereocenters. The van der Waals surface area contributed by atoms with E-state index in [1.165, 1.54) is 0 Å². The monoisotopic (exact) mass is 433 g/mol. The summed E-state index contributed by atoms with van der Waals surface area (Å²) in [6.45, 7) is 4.74. The lowest BCUT2D eigenvalue weighted by Crippen LogP contribution is -2.38. The summed E-state index contributed by atoms with van der Waals surface area (Å²) >= 11 is 3.44. The SMILES string of the molecule is CCN(CC(=O)Nc1ccc(OC)cc1)CC(=O)Nc1ccc(Br)c(C)c1. The average Bonchev–Trinajstić information content (AvgIpc) is 2.64. The van der Waals surface area contributed by atoms with Gasteiger partial charge in [-0.25, -0.2) is 0 Å². The molecule has 0 radical (unpaired) electrons. The van der Waals surface area contributed by atoms with Crippen molar-refractivity contribution in [2.45, 2.75) is 13.8 Å². The van der Waals surface area contributed by atoms with Crippen molar-refractivity contribution in [3.63, 3.8) is 0 Å². The smallest absolute Gasteiger partial charge is 0.238 e. The van der Waals surface area contributed by atoms with E-state index < -0.39 is 0 Å². The molecule has 0 aliphatic carbocycles. The first-order valence-electron chi connectivity index (χ1n) is 8.63. The second-order valence-electron chi connectivity index (χ2n) is 6.09. The molecule has 144 valence electrons. The molecular weight excluding hydrogens is 410 g/mol. The van der Waals surface area contributed by atoms with Crippen LogP contribution in [0.2, 0.25) is 0 Å². The van der Waals surface area contributed by atoms with Crippen LogP contribution in [0.15, 0.2) is 46.9 Å². The Morgan fingerprint density at radius 3 is 2.07 bits per heavy atom. The standard InChI is InChI=1S/C20H24BrN3O3/c1-4-24(12-19(25)22-15-5-8-17(27-3)9-6-15)13-20(26)23-16-7-10-18(21)14(2)11-16/h5-11H,4,12-13H2,1-3H3,(H,22,25)(H,23,26). The van der Waals surface area contributed by atoms with Gasteiger partial charge in [-0.05, 0) is 61.5 Å². The fourth-order valence-corrected chi connectivity index (χ4v) is 2.73. The summed E-state index contributed by atoms with van der Waals surface area (Å²) in [4.78, 5) is 26.3. The lowest BCUT2D eigenvalue weighted by molar-refractivity contribution is -0.119. The number of carbonyl (C=O) groups excluding carboxylic acids is 2. The predicted octanol–water partition coefficient (Wildman–Crippen LogP) is 3.67. The number of nitrogens with one attached hydrogen (secondary N) is 2. The number of carbonyl (C=O) groups is 2. The van der Waals surface area contributed by atoms with Crippen LogP contribution >= 0.6 is 15.9 Å². The zero-order chi connectivity index (χ0) is 19.8. The highest BCUT2D eigenvalue weighted by Crippen LogP contribution is 2.20. The number of rotatable bonds is 8. The molecule has 27 heavy (non-hydrogen) atoms. The highest BCUT2D eigenvalue weighted by Gasteiger charge is 2.14. The molecule has 0 aliphatic rings. The molecule has 0 aliphatic heterocycles. The van der Waals surface area contributed by atoms with E-state index in [1.54, 1.807) is 36.3 Å². The highest BCUT2D eigenvalue weighted by atomic mass is 79.9. The molecule has 2 rings (SSSR count). The minimum Gasteiger partial charge on any atom is -0.497 e. The number of hydrogen-bond acceptors (Lipinski definition) is 4. The maximum atomic E-state index is 12.3. The second kappa shape index (κ2) is 10.1. The maximum Gasteiger partial charge on any atom is 0.238 e. The summed E-state index contributed by atoms with van der Waals surface area (Å²) in [6.07, 6.45) is 0. The fraction of sp³-hybridized carbons (Fsp3) is 0.300. The Kier molecular flexibility index (Phi) is 7.82. The number of anilines is 2. The lowest BCUT2D eigenvalue weighted by atomic mass is 10.2. The minimum absolute atomic E-state index is 0.134. The highest BCUT2D eigenvalue weighted by molar-refractivity contribution is 9.10. The van der Waals surface area contributed by atoms with E-state index in [2.05, 4.69) is 26.6 Å². The summed E-state index contributed by atoms with van der Waals surface area (Å²) in [5, 5.41) is 5.68. The number of nitrogens with zero attached hydrogens (tertiary/aromatic N) is 1. The van der Waals surface area contributed by atoms with Crippen LogP contribution in [-0.2, 0) is 9.59 Å². The molecule has 0 spiro atoms. The molecule has 0 aromatic heterocycles. The third-order valence-electron chi connectivity index (χ3n) is 4.00. The molecule has 0 bridgehead atoms. The number of amides is 2. The third kappa shape index (κ3) is 6.69. The van der Waals surface area contributed by atoms with Crippen LogP contribution in [0.5, 0.6) is 5.75 Å². The molecule has 2 aromatic carbocycles. The van der Waals surface area contributed by atoms with Crippen molar-refractivity contribution in [1.29, 1.82) is 0 Å². The Morgan fingerprint density at radius 1 is 1.00 bits per heavy atom. The van der Waals surface area contributed by atoms with E-state index >= 15 is 0 Å². The van der Waals surface area contributed by atoms with Gasteiger partial charge in [0.2, 0.25) is 11.8 Å². The minimum atomic E-state index is -0.172. The van der Waals surface area contributed by atoms with E-state index in [0.29, 0.717) is 12.2 Å². The van der Waals surface area contributed by atoms with E-state index in [9.17, 15) is 9.59 Å². The van der Waals surface area contributed by atoms with Crippen LogP contribution in [-0.4, -0.2) is 43.5 Å². The first-order valence-corrected chi connectivity index (χ1v) is 9.42. The van der Waals surface area contributed by atoms with Gasteiger partial charge in [-0.15, -0.1) is 0 Å². The van der Waals surface area contributed by atoms with Gasteiger partial charge in [0.05, 0.1) is 20.2 Å². The van der Waals surface area contributed by atoms with Gasteiger partial charge >= 0.3 is 0 Å². The molecule has 2 aromatic rings. The molecule has 0 unspecified atom stereocenters. The zero-order valence-corrected chi connectivity index (χ0v) is 17.3. The molecule has 0 saturated heterocycles. The number of halogens is 1. The molecule has 0 heterocycles. The van der Waals surface area contributed by atoms with Crippen LogP contribution in [0.4, 0.5) is 11.4 Å². The van der Waals surface area contributed by atoms with Crippen molar-refractivity contribution in [2.75, 3.05) is 37.4 Å².